The van der Waals surface area contributed by atoms with Crippen molar-refractivity contribution < 1.29 is 14.1 Å². The highest BCUT2D eigenvalue weighted by Crippen LogP contribution is 2.19. The highest BCUT2D eigenvalue weighted by atomic mass is 19.1. The number of benzene rings is 2. The number of rotatable bonds is 5. The molecule has 1 heterocycles. The first-order chi connectivity index (χ1) is 13.5. The van der Waals surface area contributed by atoms with Crippen molar-refractivity contribution >= 4 is 17.7 Å². The number of nitrogens with zero attached hydrogens (tertiary/aromatic N) is 3. The molecule has 1 saturated heterocycles. The van der Waals surface area contributed by atoms with Crippen LogP contribution in [-0.4, -0.2) is 46.8 Å². The molecule has 3 rings (SSSR count). The number of carbonyl (C=O) groups is 1. The lowest BCUT2D eigenvalue weighted by Gasteiger charge is -2.21. The number of amides is 1. The molecule has 1 fully saturated rings. The number of nitro benzene ring substituents is 1. The van der Waals surface area contributed by atoms with Crippen molar-refractivity contribution in [3.05, 3.63) is 81.7 Å². The second-order valence-corrected chi connectivity index (χ2v) is 6.73. The van der Waals surface area contributed by atoms with Gasteiger partial charge in [0.25, 0.3) is 5.69 Å². The molecule has 1 aliphatic rings. The SMILES string of the molecule is O=C(/C=C/c1ccccc1[N+](=O)[O-])N1CCCN(Cc2ccc(F)cc2)CC1. The average Bonchev–Trinajstić information content (AvgIpc) is 2.93. The maximum Gasteiger partial charge on any atom is 0.276 e. The van der Waals surface area contributed by atoms with Crippen LogP contribution in [-0.2, 0) is 11.3 Å². The van der Waals surface area contributed by atoms with Gasteiger partial charge in [-0.05, 0) is 36.3 Å². The van der Waals surface area contributed by atoms with Crippen molar-refractivity contribution in [2.45, 2.75) is 13.0 Å². The average molecular weight is 383 g/mol. The van der Waals surface area contributed by atoms with Gasteiger partial charge in [0.1, 0.15) is 5.82 Å². The van der Waals surface area contributed by atoms with Crippen molar-refractivity contribution in [1.29, 1.82) is 0 Å². The summed E-state index contributed by atoms with van der Waals surface area (Å²) in [6.07, 6.45) is 3.74. The molecule has 146 valence electrons. The van der Waals surface area contributed by atoms with Gasteiger partial charge in [-0.1, -0.05) is 24.3 Å². The molecule has 0 unspecified atom stereocenters. The molecule has 6 nitrogen and oxygen atoms in total. The number of hydrogen-bond donors (Lipinski definition) is 0. The molecule has 0 bridgehead atoms. The van der Waals surface area contributed by atoms with E-state index in [1.807, 2.05) is 0 Å². The predicted octanol–water partition coefficient (Wildman–Crippen LogP) is 3.48. The van der Waals surface area contributed by atoms with Gasteiger partial charge in [0.05, 0.1) is 10.5 Å². The van der Waals surface area contributed by atoms with Gasteiger partial charge in [-0.3, -0.25) is 19.8 Å². The molecular formula is C21H22FN3O3. The van der Waals surface area contributed by atoms with Gasteiger partial charge in [0, 0.05) is 44.9 Å². The summed E-state index contributed by atoms with van der Waals surface area (Å²) in [5, 5.41) is 11.1. The molecule has 7 heteroatoms. The van der Waals surface area contributed by atoms with Crippen molar-refractivity contribution in [1.82, 2.24) is 9.80 Å². The largest absolute Gasteiger partial charge is 0.338 e. The zero-order valence-electron chi connectivity index (χ0n) is 15.5. The van der Waals surface area contributed by atoms with E-state index in [0.29, 0.717) is 25.2 Å². The van der Waals surface area contributed by atoms with E-state index < -0.39 is 4.92 Å². The van der Waals surface area contributed by atoms with Crippen LogP contribution in [0.5, 0.6) is 0 Å². The minimum absolute atomic E-state index is 0.0205. The number of nitro groups is 1. The molecule has 1 amide bonds. The van der Waals surface area contributed by atoms with Gasteiger partial charge >= 0.3 is 0 Å². The van der Waals surface area contributed by atoms with Gasteiger partial charge in [0.15, 0.2) is 0 Å². The first-order valence-corrected chi connectivity index (χ1v) is 9.20. The Hall–Kier alpha value is -3.06. The third kappa shape index (κ3) is 5.23. The highest BCUT2D eigenvalue weighted by Gasteiger charge is 2.18. The summed E-state index contributed by atoms with van der Waals surface area (Å²) in [4.78, 5) is 27.1. The van der Waals surface area contributed by atoms with Crippen molar-refractivity contribution in [3.8, 4) is 0 Å². The maximum absolute atomic E-state index is 13.0. The van der Waals surface area contributed by atoms with Crippen LogP contribution < -0.4 is 0 Å². The molecule has 0 aromatic heterocycles. The van der Waals surface area contributed by atoms with Crippen LogP contribution >= 0.6 is 0 Å². The van der Waals surface area contributed by atoms with Gasteiger partial charge in [-0.2, -0.15) is 0 Å². The lowest BCUT2D eigenvalue weighted by Crippen LogP contribution is -2.34. The van der Waals surface area contributed by atoms with E-state index in [0.717, 1.165) is 25.1 Å². The Balaban J connectivity index is 1.58. The topological polar surface area (TPSA) is 66.7 Å². The van der Waals surface area contributed by atoms with Crippen LogP contribution in [0.15, 0.2) is 54.6 Å². The van der Waals surface area contributed by atoms with Crippen LogP contribution in [0, 0.1) is 15.9 Å². The second-order valence-electron chi connectivity index (χ2n) is 6.73. The standard InChI is InChI=1S/C21H22FN3O3/c22-19-9-6-17(7-10-19)16-23-12-3-13-24(15-14-23)21(26)11-8-18-4-1-2-5-20(18)25(27)28/h1-2,4-11H,3,12-16H2/b11-8+. The number of hydrogen-bond acceptors (Lipinski definition) is 4. The third-order valence-corrected chi connectivity index (χ3v) is 4.76. The Kier molecular flexibility index (Phi) is 6.49. The Morgan fingerprint density at radius 2 is 1.82 bits per heavy atom. The van der Waals surface area contributed by atoms with Crippen molar-refractivity contribution in [2.75, 3.05) is 26.2 Å². The molecule has 0 N–H and O–H groups in total. The Morgan fingerprint density at radius 1 is 1.07 bits per heavy atom. The summed E-state index contributed by atoms with van der Waals surface area (Å²) in [7, 11) is 0. The summed E-state index contributed by atoms with van der Waals surface area (Å²) < 4.78 is 13.0. The second kappa shape index (κ2) is 9.23. The fraction of sp³-hybridized carbons (Fsp3) is 0.286. The van der Waals surface area contributed by atoms with Gasteiger partial charge in [-0.15, -0.1) is 0 Å². The molecule has 0 atom stereocenters. The zero-order valence-corrected chi connectivity index (χ0v) is 15.5. The minimum atomic E-state index is -0.455. The molecule has 0 saturated carbocycles. The molecule has 0 aliphatic carbocycles. The monoisotopic (exact) mass is 383 g/mol. The summed E-state index contributed by atoms with van der Waals surface area (Å²) in [6.45, 7) is 3.52. The summed E-state index contributed by atoms with van der Waals surface area (Å²) in [6, 6.07) is 12.8. The lowest BCUT2D eigenvalue weighted by molar-refractivity contribution is -0.385. The van der Waals surface area contributed by atoms with E-state index in [2.05, 4.69) is 4.90 Å². The molecule has 0 spiro atoms. The van der Waals surface area contributed by atoms with Crippen molar-refractivity contribution in [2.24, 2.45) is 0 Å². The number of para-hydroxylation sites is 1. The summed E-state index contributed by atoms with van der Waals surface area (Å²) >= 11 is 0. The molecule has 0 radical (unpaired) electrons. The first kappa shape index (κ1) is 19.7. The van der Waals surface area contributed by atoms with Crippen LogP contribution in [0.3, 0.4) is 0 Å². The van der Waals surface area contributed by atoms with E-state index in [4.69, 9.17) is 0 Å². The van der Waals surface area contributed by atoms with Crippen LogP contribution in [0.4, 0.5) is 10.1 Å². The Labute approximate surface area is 163 Å². The molecule has 28 heavy (non-hydrogen) atoms. The van der Waals surface area contributed by atoms with Crippen LogP contribution in [0.25, 0.3) is 6.08 Å². The summed E-state index contributed by atoms with van der Waals surface area (Å²) in [5.41, 5.74) is 1.43. The maximum atomic E-state index is 13.0. The fourth-order valence-electron chi connectivity index (χ4n) is 3.26. The van der Waals surface area contributed by atoms with Gasteiger partial charge in [-0.25, -0.2) is 4.39 Å². The van der Waals surface area contributed by atoms with E-state index in [-0.39, 0.29) is 17.4 Å². The zero-order chi connectivity index (χ0) is 19.9. The fourth-order valence-corrected chi connectivity index (χ4v) is 3.26. The van der Waals surface area contributed by atoms with Crippen molar-refractivity contribution in [3.63, 3.8) is 0 Å². The number of halogens is 1. The predicted molar refractivity (Wildman–Crippen MR) is 105 cm³/mol. The Bertz CT molecular complexity index is 867. The van der Waals surface area contributed by atoms with E-state index in [1.165, 1.54) is 30.4 Å². The third-order valence-electron chi connectivity index (χ3n) is 4.76. The van der Waals surface area contributed by atoms with Crippen LogP contribution in [0.1, 0.15) is 17.5 Å². The molecule has 2 aromatic carbocycles. The van der Waals surface area contributed by atoms with Crippen LogP contribution in [0.2, 0.25) is 0 Å². The molecule has 1 aliphatic heterocycles. The highest BCUT2D eigenvalue weighted by molar-refractivity contribution is 5.92. The normalized spacial score (nSPS) is 15.5. The van der Waals surface area contributed by atoms with E-state index in [9.17, 15) is 19.3 Å². The first-order valence-electron chi connectivity index (χ1n) is 9.20. The van der Waals surface area contributed by atoms with E-state index >= 15 is 0 Å². The molecule has 2 aromatic rings. The van der Waals surface area contributed by atoms with E-state index in [1.54, 1.807) is 35.2 Å². The lowest BCUT2D eigenvalue weighted by atomic mass is 10.1. The smallest absolute Gasteiger partial charge is 0.276 e. The summed E-state index contributed by atoms with van der Waals surface area (Å²) in [5.74, 6) is -0.399. The van der Waals surface area contributed by atoms with Gasteiger partial charge in [0.2, 0.25) is 5.91 Å². The Morgan fingerprint density at radius 3 is 2.57 bits per heavy atom. The minimum Gasteiger partial charge on any atom is -0.338 e. The van der Waals surface area contributed by atoms with Gasteiger partial charge < -0.3 is 4.90 Å². The number of carbonyl (C=O) groups excluding carboxylic acids is 1. The molecular weight excluding hydrogens is 361 g/mol. The quantitative estimate of drug-likeness (QED) is 0.450.